The van der Waals surface area contributed by atoms with Crippen LogP contribution in [0.5, 0.6) is 0 Å². The third kappa shape index (κ3) is 3.16. The normalized spacial score (nSPS) is 22.0. The van der Waals surface area contributed by atoms with Crippen molar-refractivity contribution in [3.05, 3.63) is 12.2 Å². The zero-order valence-electron chi connectivity index (χ0n) is 9.38. The zero-order valence-corrected chi connectivity index (χ0v) is 9.38. The lowest BCUT2D eigenvalue weighted by atomic mass is 10.0. The molecule has 1 aliphatic heterocycles. The topological polar surface area (TPSA) is 49.4 Å². The van der Waals surface area contributed by atoms with E-state index in [-0.39, 0.29) is 17.9 Å². The number of carbonyl (C=O) groups is 2. The van der Waals surface area contributed by atoms with E-state index in [4.69, 9.17) is 0 Å². The van der Waals surface area contributed by atoms with Crippen molar-refractivity contribution < 1.29 is 9.59 Å². The number of nitrogens with zero attached hydrogens (tertiary/aromatic N) is 1. The summed E-state index contributed by atoms with van der Waals surface area (Å²) >= 11 is 0. The van der Waals surface area contributed by atoms with Crippen LogP contribution in [0.1, 0.15) is 26.2 Å². The molecule has 15 heavy (non-hydrogen) atoms. The van der Waals surface area contributed by atoms with Gasteiger partial charge in [-0.1, -0.05) is 5.57 Å². The average Bonchev–Trinajstić information content (AvgIpc) is 2.18. The summed E-state index contributed by atoms with van der Waals surface area (Å²) < 4.78 is 0. The van der Waals surface area contributed by atoms with Crippen molar-refractivity contribution in [3.63, 3.8) is 0 Å². The SMILES string of the molecule is C=C(C)CCNC1CCC(=O)N(C)C1=O. The Morgan fingerprint density at radius 3 is 2.87 bits per heavy atom. The average molecular weight is 210 g/mol. The van der Waals surface area contributed by atoms with Crippen LogP contribution in [0, 0.1) is 0 Å². The lowest BCUT2D eigenvalue weighted by Gasteiger charge is -2.28. The highest BCUT2D eigenvalue weighted by atomic mass is 16.2. The van der Waals surface area contributed by atoms with Crippen LogP contribution in [0.3, 0.4) is 0 Å². The van der Waals surface area contributed by atoms with Gasteiger partial charge in [-0.25, -0.2) is 0 Å². The monoisotopic (exact) mass is 210 g/mol. The maximum atomic E-state index is 11.6. The van der Waals surface area contributed by atoms with E-state index >= 15 is 0 Å². The van der Waals surface area contributed by atoms with Crippen molar-refractivity contribution in [2.75, 3.05) is 13.6 Å². The number of nitrogens with one attached hydrogen (secondary N) is 1. The van der Waals surface area contributed by atoms with E-state index < -0.39 is 0 Å². The maximum absolute atomic E-state index is 11.6. The maximum Gasteiger partial charge on any atom is 0.246 e. The fraction of sp³-hybridized carbons (Fsp3) is 0.636. The molecule has 2 amide bonds. The van der Waals surface area contributed by atoms with E-state index in [1.165, 1.54) is 11.9 Å². The highest BCUT2D eigenvalue weighted by molar-refractivity contribution is 6.00. The molecule has 1 fully saturated rings. The lowest BCUT2D eigenvalue weighted by molar-refractivity contribution is -0.148. The van der Waals surface area contributed by atoms with Gasteiger partial charge in [0, 0.05) is 13.5 Å². The number of imide groups is 1. The van der Waals surface area contributed by atoms with Crippen molar-refractivity contribution in [2.24, 2.45) is 0 Å². The lowest BCUT2D eigenvalue weighted by Crippen LogP contribution is -2.51. The molecule has 0 saturated carbocycles. The van der Waals surface area contributed by atoms with Gasteiger partial charge in [-0.15, -0.1) is 6.58 Å². The van der Waals surface area contributed by atoms with Crippen molar-refractivity contribution in [3.8, 4) is 0 Å². The number of carbonyl (C=O) groups excluding carboxylic acids is 2. The van der Waals surface area contributed by atoms with Crippen molar-refractivity contribution in [1.29, 1.82) is 0 Å². The second-order valence-corrected chi connectivity index (χ2v) is 4.04. The van der Waals surface area contributed by atoms with Crippen LogP contribution in [0.15, 0.2) is 12.2 Å². The summed E-state index contributed by atoms with van der Waals surface area (Å²) in [5, 5.41) is 3.15. The first-order valence-electron chi connectivity index (χ1n) is 5.20. The second kappa shape index (κ2) is 5.07. The Kier molecular flexibility index (Phi) is 4.03. The first-order chi connectivity index (χ1) is 7.02. The molecule has 0 bridgehead atoms. The first kappa shape index (κ1) is 11.9. The van der Waals surface area contributed by atoms with Gasteiger partial charge in [-0.2, -0.15) is 0 Å². The van der Waals surface area contributed by atoms with E-state index in [9.17, 15) is 9.59 Å². The molecule has 4 nitrogen and oxygen atoms in total. The van der Waals surface area contributed by atoms with Gasteiger partial charge >= 0.3 is 0 Å². The summed E-state index contributed by atoms with van der Waals surface area (Å²) in [6.07, 6.45) is 1.92. The van der Waals surface area contributed by atoms with Gasteiger partial charge in [0.2, 0.25) is 11.8 Å². The minimum absolute atomic E-state index is 0.0852. The Morgan fingerprint density at radius 2 is 2.27 bits per heavy atom. The molecular weight excluding hydrogens is 192 g/mol. The fourth-order valence-electron chi connectivity index (χ4n) is 1.56. The summed E-state index contributed by atoms with van der Waals surface area (Å²) in [5.74, 6) is -0.203. The highest BCUT2D eigenvalue weighted by Crippen LogP contribution is 2.11. The van der Waals surface area contributed by atoms with Crippen LogP contribution < -0.4 is 5.32 Å². The molecule has 0 aromatic carbocycles. The summed E-state index contributed by atoms with van der Waals surface area (Å²) in [6.45, 7) is 6.50. The molecule has 1 atom stereocenters. The number of rotatable bonds is 4. The van der Waals surface area contributed by atoms with Crippen LogP contribution in [0.4, 0.5) is 0 Å². The van der Waals surface area contributed by atoms with Gasteiger partial charge in [0.05, 0.1) is 6.04 Å². The summed E-state index contributed by atoms with van der Waals surface area (Å²) in [6, 6.07) is -0.202. The van der Waals surface area contributed by atoms with E-state index in [1.54, 1.807) is 0 Å². The molecule has 4 heteroatoms. The van der Waals surface area contributed by atoms with Crippen molar-refractivity contribution in [2.45, 2.75) is 32.2 Å². The molecule has 1 N–H and O–H groups in total. The fourth-order valence-corrected chi connectivity index (χ4v) is 1.56. The van der Waals surface area contributed by atoms with E-state index in [2.05, 4.69) is 11.9 Å². The van der Waals surface area contributed by atoms with Crippen molar-refractivity contribution in [1.82, 2.24) is 10.2 Å². The molecule has 0 spiro atoms. The number of likely N-dealkylation sites (tertiary alicyclic amines) is 1. The molecule has 1 rings (SSSR count). The van der Waals surface area contributed by atoms with E-state index in [1.807, 2.05) is 6.92 Å². The van der Waals surface area contributed by atoms with E-state index in [0.29, 0.717) is 12.8 Å². The first-order valence-corrected chi connectivity index (χ1v) is 5.20. The van der Waals surface area contributed by atoms with E-state index in [0.717, 1.165) is 18.5 Å². The second-order valence-electron chi connectivity index (χ2n) is 4.04. The predicted octanol–water partition coefficient (Wildman–Crippen LogP) is 0.690. The van der Waals surface area contributed by atoms with Gasteiger partial charge in [-0.3, -0.25) is 14.5 Å². The van der Waals surface area contributed by atoms with Crippen molar-refractivity contribution >= 4 is 11.8 Å². The molecule has 84 valence electrons. The molecule has 0 aromatic heterocycles. The molecule has 1 heterocycles. The van der Waals surface area contributed by atoms with Gasteiger partial charge in [0.1, 0.15) is 0 Å². The van der Waals surface area contributed by atoms with Gasteiger partial charge in [-0.05, 0) is 26.3 Å². The zero-order chi connectivity index (χ0) is 11.4. The predicted molar refractivity (Wildman–Crippen MR) is 58.2 cm³/mol. The standard InChI is InChI=1S/C11H18N2O2/c1-8(2)6-7-12-9-4-5-10(14)13(3)11(9)15/h9,12H,1,4-7H2,2-3H3. The molecule has 0 aliphatic carbocycles. The summed E-state index contributed by atoms with van der Waals surface area (Å²) in [7, 11) is 1.54. The Hall–Kier alpha value is -1.16. The van der Waals surface area contributed by atoms with Crippen LogP contribution in [0.25, 0.3) is 0 Å². The molecule has 1 unspecified atom stereocenters. The minimum atomic E-state index is -0.202. The van der Waals surface area contributed by atoms with Crippen LogP contribution in [-0.2, 0) is 9.59 Å². The molecule has 1 aliphatic rings. The van der Waals surface area contributed by atoms with Crippen LogP contribution >= 0.6 is 0 Å². The summed E-state index contributed by atoms with van der Waals surface area (Å²) in [5.41, 5.74) is 1.09. The summed E-state index contributed by atoms with van der Waals surface area (Å²) in [4.78, 5) is 24.0. The Balaban J connectivity index is 2.39. The van der Waals surface area contributed by atoms with Crippen LogP contribution in [0.2, 0.25) is 0 Å². The minimum Gasteiger partial charge on any atom is -0.306 e. The number of piperidine rings is 1. The molecule has 1 saturated heterocycles. The number of hydrogen-bond donors (Lipinski definition) is 1. The molecular formula is C11H18N2O2. The number of likely N-dealkylation sites (N-methyl/N-ethyl adjacent to an activating group) is 1. The Bertz CT molecular complexity index is 286. The van der Waals surface area contributed by atoms with Gasteiger partial charge in [0.25, 0.3) is 0 Å². The number of hydrogen-bond acceptors (Lipinski definition) is 3. The molecule has 0 aromatic rings. The highest BCUT2D eigenvalue weighted by Gasteiger charge is 2.30. The Labute approximate surface area is 90.3 Å². The van der Waals surface area contributed by atoms with Crippen LogP contribution in [-0.4, -0.2) is 36.3 Å². The van der Waals surface area contributed by atoms with Gasteiger partial charge < -0.3 is 5.32 Å². The third-order valence-corrected chi connectivity index (χ3v) is 2.59. The largest absolute Gasteiger partial charge is 0.306 e. The quantitative estimate of drug-likeness (QED) is 0.548. The van der Waals surface area contributed by atoms with Gasteiger partial charge in [0.15, 0.2) is 0 Å². The Morgan fingerprint density at radius 1 is 1.60 bits per heavy atom. The molecule has 0 radical (unpaired) electrons. The third-order valence-electron chi connectivity index (χ3n) is 2.59. The number of amides is 2. The smallest absolute Gasteiger partial charge is 0.246 e.